The van der Waals surface area contributed by atoms with E-state index in [1.807, 2.05) is 55.5 Å². The lowest BCUT2D eigenvalue weighted by Crippen LogP contribution is -2.26. The Morgan fingerprint density at radius 2 is 1.65 bits per heavy atom. The van der Waals surface area contributed by atoms with Gasteiger partial charge in [-0.3, -0.25) is 4.79 Å². The predicted molar refractivity (Wildman–Crippen MR) is 108 cm³/mol. The molecule has 0 unspecified atom stereocenters. The summed E-state index contributed by atoms with van der Waals surface area (Å²) in [5.74, 6) is -0.156. The molecule has 0 aromatic heterocycles. The van der Waals surface area contributed by atoms with Gasteiger partial charge in [0.2, 0.25) is 0 Å². The monoisotopic (exact) mass is 345 g/mol. The number of nitrogens with one attached hydrogen (secondary N) is 2. The second-order valence-corrected chi connectivity index (χ2v) is 6.25. The Balaban J connectivity index is 1.49. The number of fused-ring (bicyclic) bond motifs is 1. The second-order valence-electron chi connectivity index (χ2n) is 6.25. The Morgan fingerprint density at radius 1 is 0.923 bits per heavy atom. The van der Waals surface area contributed by atoms with Gasteiger partial charge in [0.05, 0.1) is 6.54 Å². The van der Waals surface area contributed by atoms with Crippen molar-refractivity contribution in [3.8, 4) is 0 Å². The third-order valence-corrected chi connectivity index (χ3v) is 4.22. The van der Waals surface area contributed by atoms with Gasteiger partial charge in [-0.2, -0.15) is 5.10 Å². The number of aryl methyl sites for hydroxylation is 1. The summed E-state index contributed by atoms with van der Waals surface area (Å²) in [5, 5.41) is 9.63. The number of hydrogen-bond donors (Lipinski definition) is 2. The molecule has 0 fully saturated rings. The SMILES string of the molecule is CC(CCc1ccccc1)=NNC(=O)CNc1cccc2ccccc12. The highest BCUT2D eigenvalue weighted by atomic mass is 16.2. The van der Waals surface area contributed by atoms with Gasteiger partial charge in [-0.1, -0.05) is 66.7 Å². The van der Waals surface area contributed by atoms with Crippen LogP contribution in [0.4, 0.5) is 5.69 Å². The van der Waals surface area contributed by atoms with E-state index in [0.717, 1.165) is 35.0 Å². The smallest absolute Gasteiger partial charge is 0.259 e. The molecule has 1 amide bonds. The lowest BCUT2D eigenvalue weighted by molar-refractivity contribution is -0.119. The topological polar surface area (TPSA) is 53.5 Å². The molecule has 0 bridgehead atoms. The van der Waals surface area contributed by atoms with Crippen LogP contribution in [0.2, 0.25) is 0 Å². The molecule has 0 aliphatic rings. The standard InChI is InChI=1S/C22H23N3O/c1-17(14-15-18-8-3-2-4-9-18)24-25-22(26)16-23-21-13-7-11-19-10-5-6-12-20(19)21/h2-13,23H,14-16H2,1H3,(H,25,26). The zero-order valence-electron chi connectivity index (χ0n) is 14.9. The van der Waals surface area contributed by atoms with Crippen LogP contribution in [0.25, 0.3) is 10.8 Å². The first-order chi connectivity index (χ1) is 12.7. The number of carbonyl (C=O) groups excluding carboxylic acids is 1. The summed E-state index contributed by atoms with van der Waals surface area (Å²) < 4.78 is 0. The summed E-state index contributed by atoms with van der Waals surface area (Å²) in [6, 6.07) is 24.4. The van der Waals surface area contributed by atoms with E-state index in [0.29, 0.717) is 0 Å². The first-order valence-electron chi connectivity index (χ1n) is 8.80. The van der Waals surface area contributed by atoms with E-state index in [-0.39, 0.29) is 12.5 Å². The Kier molecular flexibility index (Phi) is 5.99. The highest BCUT2D eigenvalue weighted by Gasteiger charge is 2.03. The number of anilines is 1. The molecule has 4 heteroatoms. The molecule has 0 saturated carbocycles. The molecule has 2 N–H and O–H groups in total. The van der Waals surface area contributed by atoms with Crippen molar-refractivity contribution in [3.63, 3.8) is 0 Å². The van der Waals surface area contributed by atoms with Gasteiger partial charge in [0.15, 0.2) is 0 Å². The second kappa shape index (κ2) is 8.81. The lowest BCUT2D eigenvalue weighted by atomic mass is 10.1. The fourth-order valence-electron chi connectivity index (χ4n) is 2.78. The van der Waals surface area contributed by atoms with Crippen LogP contribution in [0, 0.1) is 0 Å². The third-order valence-electron chi connectivity index (χ3n) is 4.22. The predicted octanol–water partition coefficient (Wildman–Crippen LogP) is 4.38. The molecule has 3 aromatic carbocycles. The van der Waals surface area contributed by atoms with Crippen LogP contribution in [-0.2, 0) is 11.2 Å². The molecule has 0 heterocycles. The molecule has 0 atom stereocenters. The maximum Gasteiger partial charge on any atom is 0.259 e. The van der Waals surface area contributed by atoms with Gasteiger partial charge >= 0.3 is 0 Å². The minimum atomic E-state index is -0.156. The van der Waals surface area contributed by atoms with Crippen molar-refractivity contribution in [2.24, 2.45) is 5.10 Å². The Labute approximate surface area is 153 Å². The number of amides is 1. The number of hydrazone groups is 1. The summed E-state index contributed by atoms with van der Waals surface area (Å²) in [5.41, 5.74) is 5.75. The number of benzene rings is 3. The number of rotatable bonds is 7. The number of hydrogen-bond acceptors (Lipinski definition) is 3. The van der Waals surface area contributed by atoms with Crippen LogP contribution in [0.15, 0.2) is 77.9 Å². The van der Waals surface area contributed by atoms with Gasteiger partial charge in [0.1, 0.15) is 0 Å². The normalized spacial score (nSPS) is 11.3. The van der Waals surface area contributed by atoms with Crippen LogP contribution in [-0.4, -0.2) is 18.2 Å². The molecule has 4 nitrogen and oxygen atoms in total. The van der Waals surface area contributed by atoms with E-state index in [2.05, 4.69) is 40.1 Å². The van der Waals surface area contributed by atoms with Gasteiger partial charge in [-0.25, -0.2) is 5.43 Å². The highest BCUT2D eigenvalue weighted by molar-refractivity contribution is 5.95. The molecule has 0 saturated heterocycles. The van der Waals surface area contributed by atoms with Crippen LogP contribution in [0.1, 0.15) is 18.9 Å². The molecule has 132 valence electrons. The summed E-state index contributed by atoms with van der Waals surface area (Å²) in [7, 11) is 0. The van der Waals surface area contributed by atoms with Gasteiger partial charge in [-0.15, -0.1) is 0 Å². The summed E-state index contributed by atoms with van der Waals surface area (Å²) in [4.78, 5) is 12.1. The van der Waals surface area contributed by atoms with Crippen LogP contribution >= 0.6 is 0 Å². The number of nitrogens with zero attached hydrogens (tertiary/aromatic N) is 1. The first kappa shape index (κ1) is 17.7. The third kappa shape index (κ3) is 4.93. The van der Waals surface area contributed by atoms with E-state index < -0.39 is 0 Å². The first-order valence-corrected chi connectivity index (χ1v) is 8.80. The van der Waals surface area contributed by atoms with Gasteiger partial charge < -0.3 is 5.32 Å². The zero-order valence-corrected chi connectivity index (χ0v) is 14.9. The molecule has 26 heavy (non-hydrogen) atoms. The average Bonchev–Trinajstić information content (AvgIpc) is 2.70. The van der Waals surface area contributed by atoms with E-state index in [1.54, 1.807) is 0 Å². The minimum Gasteiger partial charge on any atom is -0.376 e. The fraction of sp³-hybridized carbons (Fsp3) is 0.182. The lowest BCUT2D eigenvalue weighted by Gasteiger charge is -2.09. The maximum absolute atomic E-state index is 12.1. The van der Waals surface area contributed by atoms with Crippen molar-refractivity contribution in [3.05, 3.63) is 78.4 Å². The summed E-state index contributed by atoms with van der Waals surface area (Å²) in [6.45, 7) is 2.12. The molecule has 0 aliphatic carbocycles. The van der Waals surface area contributed by atoms with Gasteiger partial charge in [0.25, 0.3) is 5.91 Å². The van der Waals surface area contributed by atoms with Crippen LogP contribution in [0.3, 0.4) is 0 Å². The maximum atomic E-state index is 12.1. The van der Waals surface area contributed by atoms with E-state index in [4.69, 9.17) is 0 Å². The van der Waals surface area contributed by atoms with E-state index in [9.17, 15) is 4.79 Å². The van der Waals surface area contributed by atoms with Crippen molar-refractivity contribution in [1.82, 2.24) is 5.43 Å². The fourth-order valence-corrected chi connectivity index (χ4v) is 2.78. The Morgan fingerprint density at radius 3 is 2.50 bits per heavy atom. The van der Waals surface area contributed by atoms with E-state index in [1.165, 1.54) is 5.56 Å². The molecule has 3 rings (SSSR count). The minimum absolute atomic E-state index is 0.156. The average molecular weight is 345 g/mol. The van der Waals surface area contributed by atoms with Crippen molar-refractivity contribution in [2.75, 3.05) is 11.9 Å². The zero-order chi connectivity index (χ0) is 18.2. The van der Waals surface area contributed by atoms with E-state index >= 15 is 0 Å². The Bertz CT molecular complexity index is 898. The molecule has 0 radical (unpaired) electrons. The van der Waals surface area contributed by atoms with Crippen molar-refractivity contribution in [2.45, 2.75) is 19.8 Å². The van der Waals surface area contributed by atoms with Crippen LogP contribution in [0.5, 0.6) is 0 Å². The van der Waals surface area contributed by atoms with Gasteiger partial charge in [0, 0.05) is 16.8 Å². The summed E-state index contributed by atoms with van der Waals surface area (Å²) in [6.07, 6.45) is 1.74. The largest absolute Gasteiger partial charge is 0.376 e. The molecule has 3 aromatic rings. The van der Waals surface area contributed by atoms with Crippen molar-refractivity contribution >= 4 is 28.1 Å². The number of carbonyl (C=O) groups is 1. The Hall–Kier alpha value is -3.14. The van der Waals surface area contributed by atoms with Crippen LogP contribution < -0.4 is 10.7 Å². The van der Waals surface area contributed by atoms with Crippen molar-refractivity contribution in [1.29, 1.82) is 0 Å². The molecule has 0 aliphatic heterocycles. The van der Waals surface area contributed by atoms with Crippen molar-refractivity contribution < 1.29 is 4.79 Å². The highest BCUT2D eigenvalue weighted by Crippen LogP contribution is 2.22. The summed E-state index contributed by atoms with van der Waals surface area (Å²) >= 11 is 0. The molecular formula is C22H23N3O. The quantitative estimate of drug-likeness (QED) is 0.493. The van der Waals surface area contributed by atoms with Gasteiger partial charge in [-0.05, 0) is 36.8 Å². The molecular weight excluding hydrogens is 322 g/mol. The molecule has 0 spiro atoms.